The standard InChI is InChI=1S/C17H23NO3/c1-4-8-14(11-13-9-6-5-7-10-13)15(19)18-12-17(2,3)21-16(18)20/h4-7,9-10,14-15,19H,1,8,11-12H2,2-3H3. The van der Waals surface area contributed by atoms with Crippen LogP contribution >= 0.6 is 0 Å². The molecular weight excluding hydrogens is 266 g/mol. The molecule has 2 rings (SSSR count). The Morgan fingerprint density at radius 1 is 1.43 bits per heavy atom. The number of cyclic esters (lactones) is 1. The van der Waals surface area contributed by atoms with Crippen LogP contribution < -0.4 is 0 Å². The number of allylic oxidation sites excluding steroid dienone is 1. The summed E-state index contributed by atoms with van der Waals surface area (Å²) in [4.78, 5) is 13.3. The Labute approximate surface area is 126 Å². The molecule has 0 aromatic heterocycles. The van der Waals surface area contributed by atoms with Crippen LogP contribution in [-0.2, 0) is 11.2 Å². The third-order valence-corrected chi connectivity index (χ3v) is 3.70. The van der Waals surface area contributed by atoms with E-state index < -0.39 is 17.9 Å². The van der Waals surface area contributed by atoms with Gasteiger partial charge < -0.3 is 9.84 Å². The smallest absolute Gasteiger partial charge is 0.412 e. The molecule has 114 valence electrons. The first-order valence-electron chi connectivity index (χ1n) is 7.25. The maximum absolute atomic E-state index is 11.9. The second kappa shape index (κ2) is 6.31. The fourth-order valence-electron chi connectivity index (χ4n) is 2.70. The zero-order valence-corrected chi connectivity index (χ0v) is 12.7. The van der Waals surface area contributed by atoms with E-state index in [9.17, 15) is 9.90 Å². The molecule has 1 aliphatic heterocycles. The molecule has 1 aliphatic rings. The van der Waals surface area contributed by atoms with E-state index in [1.165, 1.54) is 4.90 Å². The van der Waals surface area contributed by atoms with Gasteiger partial charge in [0.15, 0.2) is 0 Å². The summed E-state index contributed by atoms with van der Waals surface area (Å²) >= 11 is 0. The normalized spacial score (nSPS) is 20.0. The Morgan fingerprint density at radius 2 is 2.10 bits per heavy atom. The van der Waals surface area contributed by atoms with Crippen LogP contribution in [0.3, 0.4) is 0 Å². The molecule has 0 saturated carbocycles. The topological polar surface area (TPSA) is 49.8 Å². The third kappa shape index (κ3) is 3.85. The highest BCUT2D eigenvalue weighted by atomic mass is 16.6. The van der Waals surface area contributed by atoms with Gasteiger partial charge in [0.25, 0.3) is 0 Å². The fraction of sp³-hybridized carbons (Fsp3) is 0.471. The molecule has 0 bridgehead atoms. The van der Waals surface area contributed by atoms with E-state index in [0.717, 1.165) is 5.56 Å². The van der Waals surface area contributed by atoms with E-state index in [-0.39, 0.29) is 5.92 Å². The van der Waals surface area contributed by atoms with Gasteiger partial charge in [0.2, 0.25) is 0 Å². The molecule has 2 unspecified atom stereocenters. The molecule has 4 heteroatoms. The van der Waals surface area contributed by atoms with Crippen molar-refractivity contribution in [2.24, 2.45) is 5.92 Å². The number of hydrogen-bond acceptors (Lipinski definition) is 3. The van der Waals surface area contributed by atoms with Crippen LogP contribution in [0.2, 0.25) is 0 Å². The highest BCUT2D eigenvalue weighted by Crippen LogP contribution is 2.28. The van der Waals surface area contributed by atoms with Crippen molar-refractivity contribution in [2.45, 2.75) is 38.5 Å². The lowest BCUT2D eigenvalue weighted by molar-refractivity contribution is -0.00754. The largest absolute Gasteiger partial charge is 0.441 e. The number of aliphatic hydroxyl groups excluding tert-OH is 1. The van der Waals surface area contributed by atoms with Crippen LogP contribution in [-0.4, -0.2) is 34.5 Å². The maximum atomic E-state index is 11.9. The molecule has 0 spiro atoms. The summed E-state index contributed by atoms with van der Waals surface area (Å²) in [5, 5.41) is 10.6. The zero-order chi connectivity index (χ0) is 15.5. The van der Waals surface area contributed by atoms with Crippen molar-refractivity contribution in [2.75, 3.05) is 6.54 Å². The molecule has 2 atom stereocenters. The summed E-state index contributed by atoms with van der Waals surface area (Å²) in [5.74, 6) is -0.0913. The summed E-state index contributed by atoms with van der Waals surface area (Å²) in [7, 11) is 0. The minimum Gasteiger partial charge on any atom is -0.441 e. The highest BCUT2D eigenvalue weighted by molar-refractivity contribution is 5.70. The van der Waals surface area contributed by atoms with Crippen molar-refractivity contribution in [3.63, 3.8) is 0 Å². The molecular formula is C17H23NO3. The summed E-state index contributed by atoms with van der Waals surface area (Å²) in [6.45, 7) is 7.84. The van der Waals surface area contributed by atoms with E-state index >= 15 is 0 Å². The Bertz CT molecular complexity index is 498. The molecule has 4 nitrogen and oxygen atoms in total. The van der Waals surface area contributed by atoms with Crippen molar-refractivity contribution in [1.29, 1.82) is 0 Å². The first kappa shape index (κ1) is 15.6. The molecule has 1 aromatic carbocycles. The van der Waals surface area contributed by atoms with Crippen LogP contribution in [0.5, 0.6) is 0 Å². The Balaban J connectivity index is 2.10. The molecule has 1 fully saturated rings. The van der Waals surface area contributed by atoms with E-state index in [1.54, 1.807) is 6.08 Å². The van der Waals surface area contributed by atoms with Gasteiger partial charge in [0.1, 0.15) is 11.8 Å². The average Bonchev–Trinajstić information content (AvgIpc) is 2.72. The first-order chi connectivity index (χ1) is 9.93. The molecule has 1 N–H and O–H groups in total. The third-order valence-electron chi connectivity index (χ3n) is 3.70. The number of carbonyl (C=O) groups excluding carboxylic acids is 1. The van der Waals surface area contributed by atoms with Crippen molar-refractivity contribution < 1.29 is 14.6 Å². The van der Waals surface area contributed by atoms with Gasteiger partial charge >= 0.3 is 6.09 Å². The Hall–Kier alpha value is -1.81. The summed E-state index contributed by atoms with van der Waals surface area (Å²) < 4.78 is 5.26. The van der Waals surface area contributed by atoms with Gasteiger partial charge in [0, 0.05) is 5.92 Å². The Morgan fingerprint density at radius 3 is 2.62 bits per heavy atom. The minimum absolute atomic E-state index is 0.0913. The second-order valence-electron chi connectivity index (χ2n) is 6.14. The highest BCUT2D eigenvalue weighted by Gasteiger charge is 2.42. The fourth-order valence-corrected chi connectivity index (χ4v) is 2.70. The molecule has 21 heavy (non-hydrogen) atoms. The molecule has 1 heterocycles. The van der Waals surface area contributed by atoms with Gasteiger partial charge in [-0.15, -0.1) is 6.58 Å². The maximum Gasteiger partial charge on any atom is 0.412 e. The van der Waals surface area contributed by atoms with Gasteiger partial charge in [-0.3, -0.25) is 4.90 Å². The number of hydrogen-bond donors (Lipinski definition) is 1. The van der Waals surface area contributed by atoms with Crippen molar-refractivity contribution >= 4 is 6.09 Å². The number of amides is 1. The van der Waals surface area contributed by atoms with Crippen molar-refractivity contribution in [1.82, 2.24) is 4.90 Å². The van der Waals surface area contributed by atoms with Crippen LogP contribution in [0, 0.1) is 5.92 Å². The number of carbonyl (C=O) groups is 1. The second-order valence-corrected chi connectivity index (χ2v) is 6.14. The van der Waals surface area contributed by atoms with Gasteiger partial charge in [-0.05, 0) is 32.3 Å². The molecule has 0 radical (unpaired) electrons. The lowest BCUT2D eigenvalue weighted by Crippen LogP contribution is -2.43. The van der Waals surface area contributed by atoms with Gasteiger partial charge in [0.05, 0.1) is 6.54 Å². The van der Waals surface area contributed by atoms with E-state index in [1.807, 2.05) is 44.2 Å². The lowest BCUT2D eigenvalue weighted by atomic mass is 9.93. The number of ether oxygens (including phenoxy) is 1. The predicted molar refractivity (Wildman–Crippen MR) is 81.7 cm³/mol. The van der Waals surface area contributed by atoms with Crippen molar-refractivity contribution in [3.8, 4) is 0 Å². The lowest BCUT2D eigenvalue weighted by Gasteiger charge is -2.28. The monoisotopic (exact) mass is 289 g/mol. The summed E-state index contributed by atoms with van der Waals surface area (Å²) in [5.41, 5.74) is 0.582. The number of nitrogens with zero attached hydrogens (tertiary/aromatic N) is 1. The zero-order valence-electron chi connectivity index (χ0n) is 12.7. The van der Waals surface area contributed by atoms with Crippen LogP contribution in [0.25, 0.3) is 0 Å². The van der Waals surface area contributed by atoms with E-state index in [0.29, 0.717) is 19.4 Å². The Kier molecular flexibility index (Phi) is 4.68. The van der Waals surface area contributed by atoms with Gasteiger partial charge in [-0.2, -0.15) is 0 Å². The minimum atomic E-state index is -0.863. The van der Waals surface area contributed by atoms with E-state index in [2.05, 4.69) is 6.58 Å². The van der Waals surface area contributed by atoms with E-state index in [4.69, 9.17) is 4.74 Å². The predicted octanol–water partition coefficient (Wildman–Crippen LogP) is 2.97. The molecule has 1 saturated heterocycles. The number of rotatable bonds is 6. The molecule has 1 aromatic rings. The van der Waals surface area contributed by atoms with Crippen LogP contribution in [0.1, 0.15) is 25.8 Å². The first-order valence-corrected chi connectivity index (χ1v) is 7.25. The van der Waals surface area contributed by atoms with Crippen molar-refractivity contribution in [3.05, 3.63) is 48.6 Å². The number of benzene rings is 1. The van der Waals surface area contributed by atoms with Crippen LogP contribution in [0.15, 0.2) is 43.0 Å². The quantitative estimate of drug-likeness (QED) is 0.819. The van der Waals surface area contributed by atoms with Gasteiger partial charge in [-0.25, -0.2) is 4.79 Å². The molecule has 0 aliphatic carbocycles. The van der Waals surface area contributed by atoms with Gasteiger partial charge in [-0.1, -0.05) is 36.4 Å². The SMILES string of the molecule is C=CCC(Cc1ccccc1)C(O)N1CC(C)(C)OC1=O. The summed E-state index contributed by atoms with van der Waals surface area (Å²) in [6.07, 6.45) is 1.80. The molecule has 1 amide bonds. The summed E-state index contributed by atoms with van der Waals surface area (Å²) in [6, 6.07) is 9.95. The number of aliphatic hydroxyl groups is 1. The van der Waals surface area contributed by atoms with Crippen LogP contribution in [0.4, 0.5) is 4.79 Å². The average molecular weight is 289 g/mol.